The smallest absolute Gasteiger partial charge is 0.332 e. The predicted octanol–water partition coefficient (Wildman–Crippen LogP) is 0.555. The molecule has 2 unspecified atom stereocenters. The molecule has 0 radical (unpaired) electrons. The Morgan fingerprint density at radius 3 is 1.91 bits per heavy atom. The van der Waals surface area contributed by atoms with Crippen molar-refractivity contribution in [2.75, 3.05) is 19.9 Å². The summed E-state index contributed by atoms with van der Waals surface area (Å²) < 4.78 is 30.6. The summed E-state index contributed by atoms with van der Waals surface area (Å²) in [7, 11) is -2.93. The Bertz CT molecular complexity index is 179. The van der Waals surface area contributed by atoms with Gasteiger partial charge in [-0.2, -0.15) is 0 Å². The first-order valence-corrected chi connectivity index (χ1v) is 5.32. The molecule has 0 bridgehead atoms. The first-order valence-electron chi connectivity index (χ1n) is 3.33. The van der Waals surface area contributed by atoms with Crippen molar-refractivity contribution in [1.29, 1.82) is 0 Å². The second kappa shape index (κ2) is 2.54. The van der Waals surface area contributed by atoms with Crippen LogP contribution in [0, 0.1) is 0 Å². The molecule has 2 saturated heterocycles. The number of hydrogen-bond donors (Lipinski definition) is 0. The molecule has 2 aliphatic heterocycles. The molecule has 2 aliphatic rings. The molecule has 6 heteroatoms. The molecular weight excluding hydrogens is 171 g/mol. The zero-order valence-electron chi connectivity index (χ0n) is 6.06. The van der Waals surface area contributed by atoms with Crippen LogP contribution in [0.15, 0.2) is 0 Å². The molecule has 0 aliphatic carbocycles. The maximum Gasteiger partial charge on any atom is 0.332 e. The summed E-state index contributed by atoms with van der Waals surface area (Å²) in [4.78, 5) is 0. The molecule has 11 heavy (non-hydrogen) atoms. The minimum atomic E-state index is -2.93. The number of hydrogen-bond acceptors (Lipinski definition) is 5. The molecule has 0 saturated carbocycles. The largest absolute Gasteiger partial charge is 0.344 e. The maximum absolute atomic E-state index is 11.3. The van der Waals surface area contributed by atoms with E-state index in [2.05, 4.69) is 0 Å². The molecule has 0 aromatic rings. The third-order valence-electron chi connectivity index (χ3n) is 1.22. The van der Waals surface area contributed by atoms with E-state index in [-0.39, 0.29) is 12.6 Å². The fourth-order valence-electron chi connectivity index (χ4n) is 0.652. The van der Waals surface area contributed by atoms with Crippen LogP contribution >= 0.6 is 7.60 Å². The summed E-state index contributed by atoms with van der Waals surface area (Å²) in [5.74, 6) is 0. The quantitative estimate of drug-likeness (QED) is 0.467. The van der Waals surface area contributed by atoms with Gasteiger partial charge >= 0.3 is 7.60 Å². The third kappa shape index (κ3) is 2.54. The normalized spacial score (nSPS) is 39.7. The number of ether oxygens (including phenoxy) is 2. The van der Waals surface area contributed by atoms with Crippen molar-refractivity contribution in [3.05, 3.63) is 0 Å². The Kier molecular flexibility index (Phi) is 1.78. The van der Waals surface area contributed by atoms with Gasteiger partial charge in [0, 0.05) is 6.66 Å². The second-order valence-corrected chi connectivity index (χ2v) is 4.47. The van der Waals surface area contributed by atoms with Gasteiger partial charge in [-0.05, 0) is 0 Å². The lowest BCUT2D eigenvalue weighted by Gasteiger charge is -2.09. The number of epoxide rings is 2. The molecule has 0 spiro atoms. The lowest BCUT2D eigenvalue weighted by molar-refractivity contribution is 0.106. The average Bonchev–Trinajstić information content (AvgIpc) is 2.60. The van der Waals surface area contributed by atoms with Crippen molar-refractivity contribution in [2.45, 2.75) is 12.6 Å². The topological polar surface area (TPSA) is 60.6 Å². The van der Waals surface area contributed by atoms with E-state index in [0.717, 1.165) is 0 Å². The molecule has 64 valence electrons. The molecule has 2 heterocycles. The Hall–Kier alpha value is 0.0700. The minimum absolute atomic E-state index is 0.329. The summed E-state index contributed by atoms with van der Waals surface area (Å²) >= 11 is 0. The van der Waals surface area contributed by atoms with Crippen LogP contribution in [0.5, 0.6) is 0 Å². The fourth-order valence-corrected chi connectivity index (χ4v) is 1.80. The first-order chi connectivity index (χ1) is 5.16. The van der Waals surface area contributed by atoms with Gasteiger partial charge in [-0.25, -0.2) is 0 Å². The highest BCUT2D eigenvalue weighted by molar-refractivity contribution is 7.53. The van der Waals surface area contributed by atoms with Gasteiger partial charge in [-0.15, -0.1) is 0 Å². The van der Waals surface area contributed by atoms with E-state index in [1.807, 2.05) is 0 Å². The van der Waals surface area contributed by atoms with E-state index in [4.69, 9.17) is 18.5 Å². The van der Waals surface area contributed by atoms with Gasteiger partial charge in [0.1, 0.15) is 13.2 Å². The molecule has 2 atom stereocenters. The van der Waals surface area contributed by atoms with Gasteiger partial charge in [0.2, 0.25) is 0 Å². The van der Waals surface area contributed by atoms with Crippen LogP contribution in [0.2, 0.25) is 0 Å². The number of rotatable bonds is 4. The lowest BCUT2D eigenvalue weighted by Crippen LogP contribution is -1.98. The molecule has 0 N–H and O–H groups in total. The standard InChI is InChI=1S/C5H9O5P/c1-11(6,9-4-2-7-4)10-5-3-8-5/h4-5H,2-3H2,1H3. The van der Waals surface area contributed by atoms with E-state index in [9.17, 15) is 4.57 Å². The van der Waals surface area contributed by atoms with Crippen LogP contribution in [0.4, 0.5) is 0 Å². The van der Waals surface area contributed by atoms with Crippen LogP contribution in [0.25, 0.3) is 0 Å². The Morgan fingerprint density at radius 2 is 1.64 bits per heavy atom. The van der Waals surface area contributed by atoms with Crippen molar-refractivity contribution < 1.29 is 23.1 Å². The van der Waals surface area contributed by atoms with E-state index in [1.165, 1.54) is 6.66 Å². The molecule has 2 rings (SSSR count). The highest BCUT2D eigenvalue weighted by Crippen LogP contribution is 2.50. The minimum Gasteiger partial charge on any atom is -0.344 e. The fraction of sp³-hybridized carbons (Fsp3) is 1.00. The zero-order valence-corrected chi connectivity index (χ0v) is 6.95. The van der Waals surface area contributed by atoms with Gasteiger partial charge in [-0.3, -0.25) is 13.6 Å². The predicted molar refractivity (Wildman–Crippen MR) is 35.2 cm³/mol. The summed E-state index contributed by atoms with van der Waals surface area (Å²) in [6, 6.07) is 0. The highest BCUT2D eigenvalue weighted by atomic mass is 31.2. The van der Waals surface area contributed by atoms with Crippen LogP contribution in [-0.2, 0) is 23.1 Å². The van der Waals surface area contributed by atoms with Crippen molar-refractivity contribution in [3.8, 4) is 0 Å². The van der Waals surface area contributed by atoms with E-state index < -0.39 is 7.60 Å². The zero-order chi connectivity index (χ0) is 7.90. The van der Waals surface area contributed by atoms with Gasteiger partial charge in [0.15, 0.2) is 12.6 Å². The van der Waals surface area contributed by atoms with Gasteiger partial charge < -0.3 is 9.47 Å². The van der Waals surface area contributed by atoms with Gasteiger partial charge in [-0.1, -0.05) is 0 Å². The maximum atomic E-state index is 11.3. The average molecular weight is 180 g/mol. The van der Waals surface area contributed by atoms with Crippen LogP contribution in [0.1, 0.15) is 0 Å². The third-order valence-corrected chi connectivity index (χ3v) is 2.46. The van der Waals surface area contributed by atoms with Crippen LogP contribution in [-0.4, -0.2) is 32.5 Å². The van der Waals surface area contributed by atoms with Gasteiger partial charge in [0.25, 0.3) is 0 Å². The molecular formula is C5H9O5P. The summed E-state index contributed by atoms with van der Waals surface area (Å²) in [6.45, 7) is 2.43. The van der Waals surface area contributed by atoms with Gasteiger partial charge in [0.05, 0.1) is 0 Å². The van der Waals surface area contributed by atoms with Crippen LogP contribution < -0.4 is 0 Å². The lowest BCUT2D eigenvalue weighted by atomic mass is 10.9. The second-order valence-electron chi connectivity index (χ2n) is 2.51. The Labute approximate surface area is 64.1 Å². The molecule has 5 nitrogen and oxygen atoms in total. The van der Waals surface area contributed by atoms with Crippen molar-refractivity contribution in [3.63, 3.8) is 0 Å². The Morgan fingerprint density at radius 1 is 1.27 bits per heavy atom. The monoisotopic (exact) mass is 180 g/mol. The molecule has 0 aromatic carbocycles. The van der Waals surface area contributed by atoms with E-state index in [1.54, 1.807) is 0 Å². The van der Waals surface area contributed by atoms with E-state index >= 15 is 0 Å². The summed E-state index contributed by atoms with van der Waals surface area (Å²) in [5, 5.41) is 0. The molecule has 0 aromatic heterocycles. The van der Waals surface area contributed by atoms with Crippen molar-refractivity contribution in [2.24, 2.45) is 0 Å². The Balaban J connectivity index is 1.80. The van der Waals surface area contributed by atoms with Crippen molar-refractivity contribution >= 4 is 7.60 Å². The summed E-state index contributed by atoms with van der Waals surface area (Å²) in [5.41, 5.74) is 0. The summed E-state index contributed by atoms with van der Waals surface area (Å²) in [6.07, 6.45) is -0.658. The van der Waals surface area contributed by atoms with Crippen LogP contribution in [0.3, 0.4) is 0 Å². The van der Waals surface area contributed by atoms with Crippen molar-refractivity contribution in [1.82, 2.24) is 0 Å². The first kappa shape index (κ1) is 7.71. The SMILES string of the molecule is CP(=O)(OC1CO1)OC1CO1. The molecule has 2 fully saturated rings. The van der Waals surface area contributed by atoms with E-state index in [0.29, 0.717) is 13.2 Å². The highest BCUT2D eigenvalue weighted by Gasteiger charge is 2.37. The molecule has 0 amide bonds.